The summed E-state index contributed by atoms with van der Waals surface area (Å²) in [5.74, 6) is 0.899. The van der Waals surface area contributed by atoms with Crippen molar-refractivity contribution in [2.45, 2.75) is 6.92 Å². The number of methoxy groups -OCH3 is 1. The first-order valence-electron chi connectivity index (χ1n) is 7.46. The normalized spacial score (nSPS) is 10.6. The Hall–Kier alpha value is -3.26. The number of ether oxygens (including phenoxy) is 2. The molecule has 0 heterocycles. The average Bonchev–Trinajstić information content (AvgIpc) is 2.61. The number of hydrogen-bond donors (Lipinski definition) is 1. The molecule has 0 aliphatic rings. The fourth-order valence-electron chi connectivity index (χ4n) is 2.04. The van der Waals surface area contributed by atoms with Gasteiger partial charge in [-0.1, -0.05) is 18.2 Å². The number of nitriles is 1. The van der Waals surface area contributed by atoms with Crippen molar-refractivity contribution in [3.8, 4) is 17.6 Å². The van der Waals surface area contributed by atoms with Crippen molar-refractivity contribution < 1.29 is 14.3 Å². The molecule has 0 aliphatic carbocycles. The zero-order valence-electron chi connectivity index (χ0n) is 13.6. The Labute approximate surface area is 141 Å². The average molecular weight is 322 g/mol. The Morgan fingerprint density at radius 3 is 2.58 bits per heavy atom. The smallest absolute Gasteiger partial charge is 0.266 e. The van der Waals surface area contributed by atoms with Gasteiger partial charge >= 0.3 is 0 Å². The molecule has 0 fully saturated rings. The maximum Gasteiger partial charge on any atom is 0.266 e. The molecule has 2 aromatic carbocycles. The summed E-state index contributed by atoms with van der Waals surface area (Å²) >= 11 is 0. The van der Waals surface area contributed by atoms with Gasteiger partial charge in [0.15, 0.2) is 0 Å². The number of rotatable bonds is 6. The summed E-state index contributed by atoms with van der Waals surface area (Å²) in [6.45, 7) is 2.49. The number of anilines is 1. The van der Waals surface area contributed by atoms with E-state index in [1.807, 2.05) is 13.0 Å². The lowest BCUT2D eigenvalue weighted by atomic mass is 10.1. The fourth-order valence-corrected chi connectivity index (χ4v) is 2.04. The molecule has 5 nitrogen and oxygen atoms in total. The Morgan fingerprint density at radius 2 is 1.96 bits per heavy atom. The van der Waals surface area contributed by atoms with Crippen molar-refractivity contribution in [1.29, 1.82) is 5.26 Å². The minimum Gasteiger partial charge on any atom is -0.497 e. The maximum atomic E-state index is 12.2. The predicted molar refractivity (Wildman–Crippen MR) is 92.8 cm³/mol. The van der Waals surface area contributed by atoms with Crippen LogP contribution in [-0.4, -0.2) is 19.6 Å². The SMILES string of the molecule is CCOc1ccc(/C=C(\C#N)C(=O)Nc2cccc(OC)c2)cc1. The Bertz CT molecular complexity index is 774. The quantitative estimate of drug-likeness (QED) is 0.651. The molecule has 0 bridgehead atoms. The minimum atomic E-state index is -0.473. The molecule has 0 saturated heterocycles. The third-order valence-corrected chi connectivity index (χ3v) is 3.19. The Morgan fingerprint density at radius 1 is 1.21 bits per heavy atom. The third-order valence-electron chi connectivity index (χ3n) is 3.19. The molecule has 24 heavy (non-hydrogen) atoms. The van der Waals surface area contributed by atoms with Crippen LogP contribution in [-0.2, 0) is 4.79 Å². The van der Waals surface area contributed by atoms with E-state index in [4.69, 9.17) is 9.47 Å². The van der Waals surface area contributed by atoms with Gasteiger partial charge in [0, 0.05) is 11.8 Å². The lowest BCUT2D eigenvalue weighted by Crippen LogP contribution is -2.13. The fraction of sp³-hybridized carbons (Fsp3) is 0.158. The van der Waals surface area contributed by atoms with Crippen molar-refractivity contribution in [3.05, 3.63) is 59.7 Å². The van der Waals surface area contributed by atoms with Crippen molar-refractivity contribution in [3.63, 3.8) is 0 Å². The molecule has 2 rings (SSSR count). The summed E-state index contributed by atoms with van der Waals surface area (Å²) in [4.78, 5) is 12.2. The number of carbonyl (C=O) groups is 1. The first kappa shape index (κ1) is 17.1. The van der Waals surface area contributed by atoms with Gasteiger partial charge in [0.25, 0.3) is 5.91 Å². The van der Waals surface area contributed by atoms with E-state index in [9.17, 15) is 10.1 Å². The van der Waals surface area contributed by atoms with Crippen LogP contribution >= 0.6 is 0 Å². The number of carbonyl (C=O) groups excluding carboxylic acids is 1. The van der Waals surface area contributed by atoms with Gasteiger partial charge in [-0.2, -0.15) is 5.26 Å². The van der Waals surface area contributed by atoms with Crippen LogP contribution in [0.3, 0.4) is 0 Å². The molecule has 2 aromatic rings. The summed E-state index contributed by atoms with van der Waals surface area (Å²) < 4.78 is 10.5. The molecule has 0 atom stereocenters. The summed E-state index contributed by atoms with van der Waals surface area (Å²) in [5.41, 5.74) is 1.32. The van der Waals surface area contributed by atoms with Gasteiger partial charge in [0.1, 0.15) is 23.1 Å². The lowest BCUT2D eigenvalue weighted by molar-refractivity contribution is -0.112. The molecule has 5 heteroatoms. The van der Waals surface area contributed by atoms with Gasteiger partial charge in [-0.3, -0.25) is 4.79 Å². The number of benzene rings is 2. The van der Waals surface area contributed by atoms with Crippen LogP contribution in [0.5, 0.6) is 11.5 Å². The highest BCUT2D eigenvalue weighted by atomic mass is 16.5. The second kappa shape index (κ2) is 8.39. The van der Waals surface area contributed by atoms with E-state index in [2.05, 4.69) is 5.32 Å². The van der Waals surface area contributed by atoms with E-state index in [1.165, 1.54) is 6.08 Å². The van der Waals surface area contributed by atoms with Crippen LogP contribution in [0.25, 0.3) is 6.08 Å². The first-order chi connectivity index (χ1) is 11.7. The summed E-state index contributed by atoms with van der Waals surface area (Å²) in [6.07, 6.45) is 1.53. The largest absolute Gasteiger partial charge is 0.497 e. The Kier molecular flexibility index (Phi) is 5.98. The van der Waals surface area contributed by atoms with Crippen LogP contribution in [0.1, 0.15) is 12.5 Å². The topological polar surface area (TPSA) is 71.3 Å². The van der Waals surface area contributed by atoms with Crippen molar-refractivity contribution in [1.82, 2.24) is 0 Å². The molecule has 0 saturated carbocycles. The molecule has 0 radical (unpaired) electrons. The summed E-state index contributed by atoms with van der Waals surface area (Å²) in [7, 11) is 1.55. The third kappa shape index (κ3) is 4.62. The molecular formula is C19H18N2O3. The van der Waals surface area contributed by atoms with E-state index >= 15 is 0 Å². The van der Waals surface area contributed by atoms with Crippen LogP contribution in [0.15, 0.2) is 54.1 Å². The molecular weight excluding hydrogens is 304 g/mol. The van der Waals surface area contributed by atoms with E-state index in [0.29, 0.717) is 18.0 Å². The molecule has 0 aromatic heterocycles. The summed E-state index contributed by atoms with van der Waals surface area (Å²) in [6, 6.07) is 16.1. The lowest BCUT2D eigenvalue weighted by Gasteiger charge is -2.06. The number of nitrogens with one attached hydrogen (secondary N) is 1. The molecule has 0 spiro atoms. The van der Waals surface area contributed by atoms with E-state index in [0.717, 1.165) is 11.3 Å². The van der Waals surface area contributed by atoms with Crippen molar-refractivity contribution in [2.75, 3.05) is 19.0 Å². The number of nitrogens with zero attached hydrogens (tertiary/aromatic N) is 1. The second-order valence-electron chi connectivity index (χ2n) is 4.86. The van der Waals surface area contributed by atoms with Crippen molar-refractivity contribution >= 4 is 17.7 Å². The monoisotopic (exact) mass is 322 g/mol. The number of amides is 1. The van der Waals surface area contributed by atoms with E-state index < -0.39 is 5.91 Å². The molecule has 122 valence electrons. The van der Waals surface area contributed by atoms with E-state index in [-0.39, 0.29) is 5.57 Å². The highest BCUT2D eigenvalue weighted by Gasteiger charge is 2.10. The molecule has 1 N–H and O–H groups in total. The standard InChI is InChI=1S/C19H18N2O3/c1-3-24-17-9-7-14(8-10-17)11-15(13-20)19(22)21-16-5-4-6-18(12-16)23-2/h4-12H,3H2,1-2H3,(H,21,22)/b15-11+. The molecule has 0 unspecified atom stereocenters. The summed E-state index contributed by atoms with van der Waals surface area (Å²) in [5, 5.41) is 11.9. The molecule has 1 amide bonds. The van der Waals surface area contributed by atoms with Crippen molar-refractivity contribution in [2.24, 2.45) is 0 Å². The van der Waals surface area contributed by atoms with Gasteiger partial charge in [0.05, 0.1) is 13.7 Å². The van der Waals surface area contributed by atoms with Crippen LogP contribution in [0, 0.1) is 11.3 Å². The number of hydrogen-bond acceptors (Lipinski definition) is 4. The van der Waals surface area contributed by atoms with Crippen LogP contribution < -0.4 is 14.8 Å². The van der Waals surface area contributed by atoms with Gasteiger partial charge in [-0.25, -0.2) is 0 Å². The second-order valence-corrected chi connectivity index (χ2v) is 4.86. The maximum absolute atomic E-state index is 12.2. The van der Waals surface area contributed by atoms with E-state index in [1.54, 1.807) is 55.6 Å². The van der Waals surface area contributed by atoms with Gasteiger partial charge < -0.3 is 14.8 Å². The first-order valence-corrected chi connectivity index (χ1v) is 7.46. The van der Waals surface area contributed by atoms with Gasteiger partial charge in [-0.15, -0.1) is 0 Å². The van der Waals surface area contributed by atoms with Crippen LogP contribution in [0.4, 0.5) is 5.69 Å². The predicted octanol–water partition coefficient (Wildman–Crippen LogP) is 3.64. The highest BCUT2D eigenvalue weighted by molar-refractivity contribution is 6.09. The zero-order valence-corrected chi connectivity index (χ0v) is 13.6. The molecule has 0 aliphatic heterocycles. The highest BCUT2D eigenvalue weighted by Crippen LogP contribution is 2.18. The minimum absolute atomic E-state index is 0.0157. The zero-order chi connectivity index (χ0) is 17.4. The van der Waals surface area contributed by atoms with Crippen LogP contribution in [0.2, 0.25) is 0 Å². The Balaban J connectivity index is 2.14. The van der Waals surface area contributed by atoms with Gasteiger partial charge in [0.2, 0.25) is 0 Å². The van der Waals surface area contributed by atoms with Gasteiger partial charge in [-0.05, 0) is 42.8 Å².